The molecule has 28 heavy (non-hydrogen) atoms. The van der Waals surface area contributed by atoms with E-state index in [1.165, 1.54) is 5.56 Å². The number of benzene rings is 2. The Kier molecular flexibility index (Phi) is 6.84. The Bertz CT molecular complexity index is 851. The van der Waals surface area contributed by atoms with Crippen molar-refractivity contribution in [3.05, 3.63) is 53.6 Å². The highest BCUT2D eigenvalue weighted by atomic mass is 16.5. The SMILES string of the molecule is Cc1cc(OCC(=O)Nc2cccc(NC(=O)C(C)(C)C)c2)ccc1C(C)C. The molecule has 0 spiro atoms. The first-order chi connectivity index (χ1) is 13.1. The molecule has 0 saturated carbocycles. The lowest BCUT2D eigenvalue weighted by Gasteiger charge is -2.18. The second-order valence-corrected chi connectivity index (χ2v) is 8.29. The predicted molar refractivity (Wildman–Crippen MR) is 114 cm³/mol. The zero-order chi connectivity index (χ0) is 20.9. The smallest absolute Gasteiger partial charge is 0.262 e. The first-order valence-corrected chi connectivity index (χ1v) is 9.51. The van der Waals surface area contributed by atoms with Gasteiger partial charge in [-0.25, -0.2) is 0 Å². The summed E-state index contributed by atoms with van der Waals surface area (Å²) in [4.78, 5) is 24.3. The molecule has 0 unspecified atom stereocenters. The third kappa shape index (κ3) is 6.12. The normalized spacial score (nSPS) is 11.2. The van der Waals surface area contributed by atoms with Gasteiger partial charge in [0.2, 0.25) is 5.91 Å². The Hall–Kier alpha value is -2.82. The van der Waals surface area contributed by atoms with E-state index in [4.69, 9.17) is 4.74 Å². The van der Waals surface area contributed by atoms with Crippen LogP contribution >= 0.6 is 0 Å². The van der Waals surface area contributed by atoms with Gasteiger partial charge in [-0.2, -0.15) is 0 Å². The predicted octanol–water partition coefficient (Wildman–Crippen LogP) is 5.12. The highest BCUT2D eigenvalue weighted by molar-refractivity contribution is 5.96. The van der Waals surface area contributed by atoms with Crippen molar-refractivity contribution >= 4 is 23.2 Å². The Morgan fingerprint density at radius 1 is 1.00 bits per heavy atom. The molecule has 2 rings (SSSR count). The van der Waals surface area contributed by atoms with Crippen LogP contribution in [-0.2, 0) is 9.59 Å². The summed E-state index contributed by atoms with van der Waals surface area (Å²) in [6.07, 6.45) is 0. The van der Waals surface area contributed by atoms with Gasteiger partial charge in [0.05, 0.1) is 0 Å². The van der Waals surface area contributed by atoms with Gasteiger partial charge in [0.1, 0.15) is 5.75 Å². The van der Waals surface area contributed by atoms with E-state index in [-0.39, 0.29) is 18.4 Å². The molecule has 0 aliphatic heterocycles. The van der Waals surface area contributed by atoms with E-state index < -0.39 is 5.41 Å². The molecule has 0 bridgehead atoms. The lowest BCUT2D eigenvalue weighted by Crippen LogP contribution is -2.27. The molecular weight excluding hydrogens is 352 g/mol. The molecule has 0 atom stereocenters. The van der Waals surface area contributed by atoms with Crippen LogP contribution in [0.25, 0.3) is 0 Å². The zero-order valence-electron chi connectivity index (χ0n) is 17.6. The summed E-state index contributed by atoms with van der Waals surface area (Å²) in [6.45, 7) is 11.8. The van der Waals surface area contributed by atoms with Gasteiger partial charge in [0, 0.05) is 16.8 Å². The van der Waals surface area contributed by atoms with E-state index in [1.807, 2.05) is 45.9 Å². The fraction of sp³-hybridized carbons (Fsp3) is 0.391. The maximum atomic E-state index is 12.2. The summed E-state index contributed by atoms with van der Waals surface area (Å²) in [6, 6.07) is 12.9. The minimum atomic E-state index is -0.490. The van der Waals surface area contributed by atoms with Crippen molar-refractivity contribution in [2.75, 3.05) is 17.2 Å². The number of ether oxygens (including phenoxy) is 1. The fourth-order valence-electron chi connectivity index (χ4n) is 2.73. The standard InChI is InChI=1S/C23H30N2O3/c1-15(2)20-11-10-19(12-16(20)3)28-14-21(26)24-17-8-7-9-18(13-17)25-22(27)23(4,5)6/h7-13,15H,14H2,1-6H3,(H,24,26)(H,25,27). The first kappa shape index (κ1) is 21.5. The summed E-state index contributed by atoms with van der Waals surface area (Å²) in [5.74, 6) is 0.774. The lowest BCUT2D eigenvalue weighted by atomic mass is 9.95. The molecule has 0 fully saturated rings. The van der Waals surface area contributed by atoms with Crippen LogP contribution in [0.2, 0.25) is 0 Å². The Balaban J connectivity index is 1.94. The van der Waals surface area contributed by atoms with Crippen LogP contribution in [0.3, 0.4) is 0 Å². The minimum absolute atomic E-state index is 0.0838. The van der Waals surface area contributed by atoms with Crippen LogP contribution in [0, 0.1) is 12.3 Å². The third-order valence-electron chi connectivity index (χ3n) is 4.32. The van der Waals surface area contributed by atoms with Gasteiger partial charge in [-0.3, -0.25) is 9.59 Å². The Morgan fingerprint density at radius 2 is 1.64 bits per heavy atom. The number of carbonyl (C=O) groups excluding carboxylic acids is 2. The molecule has 2 aromatic carbocycles. The second kappa shape index (κ2) is 8.91. The molecular formula is C23H30N2O3. The number of carbonyl (C=O) groups is 2. The van der Waals surface area contributed by atoms with Gasteiger partial charge in [-0.05, 0) is 54.3 Å². The number of amides is 2. The van der Waals surface area contributed by atoms with Crippen molar-refractivity contribution in [2.45, 2.75) is 47.5 Å². The van der Waals surface area contributed by atoms with Gasteiger partial charge in [-0.1, -0.05) is 46.8 Å². The number of hydrogen-bond donors (Lipinski definition) is 2. The average Bonchev–Trinajstić information content (AvgIpc) is 2.59. The maximum absolute atomic E-state index is 12.2. The van der Waals surface area contributed by atoms with Crippen LogP contribution in [-0.4, -0.2) is 18.4 Å². The summed E-state index contributed by atoms with van der Waals surface area (Å²) in [7, 11) is 0. The van der Waals surface area contributed by atoms with Crippen LogP contribution in [0.5, 0.6) is 5.75 Å². The van der Waals surface area contributed by atoms with E-state index >= 15 is 0 Å². The second-order valence-electron chi connectivity index (χ2n) is 8.29. The van der Waals surface area contributed by atoms with Crippen molar-refractivity contribution in [1.82, 2.24) is 0 Å². The van der Waals surface area contributed by atoms with Crippen molar-refractivity contribution in [2.24, 2.45) is 5.41 Å². The number of hydrogen-bond acceptors (Lipinski definition) is 3. The molecule has 0 heterocycles. The molecule has 2 aromatic rings. The quantitative estimate of drug-likeness (QED) is 0.728. The minimum Gasteiger partial charge on any atom is -0.484 e. The summed E-state index contributed by atoms with van der Waals surface area (Å²) in [5, 5.41) is 5.65. The van der Waals surface area contributed by atoms with E-state index in [2.05, 4.69) is 24.5 Å². The van der Waals surface area contributed by atoms with E-state index in [0.29, 0.717) is 23.0 Å². The van der Waals surface area contributed by atoms with Gasteiger partial charge in [0.15, 0.2) is 6.61 Å². The Labute approximate surface area is 167 Å². The molecule has 0 saturated heterocycles. The molecule has 2 N–H and O–H groups in total. The van der Waals surface area contributed by atoms with Crippen molar-refractivity contribution in [3.8, 4) is 5.75 Å². The van der Waals surface area contributed by atoms with Gasteiger partial charge < -0.3 is 15.4 Å². The molecule has 5 heteroatoms. The highest BCUT2D eigenvalue weighted by Crippen LogP contribution is 2.24. The Morgan fingerprint density at radius 3 is 2.21 bits per heavy atom. The molecule has 5 nitrogen and oxygen atoms in total. The van der Waals surface area contributed by atoms with Crippen LogP contribution in [0.15, 0.2) is 42.5 Å². The van der Waals surface area contributed by atoms with Crippen LogP contribution in [0.1, 0.15) is 51.7 Å². The van der Waals surface area contributed by atoms with Crippen molar-refractivity contribution in [3.63, 3.8) is 0 Å². The molecule has 0 aromatic heterocycles. The number of aryl methyl sites for hydroxylation is 1. The lowest BCUT2D eigenvalue weighted by molar-refractivity contribution is -0.123. The third-order valence-corrected chi connectivity index (χ3v) is 4.32. The van der Waals surface area contributed by atoms with E-state index in [0.717, 1.165) is 5.56 Å². The zero-order valence-corrected chi connectivity index (χ0v) is 17.6. The largest absolute Gasteiger partial charge is 0.484 e. The summed E-state index contributed by atoms with van der Waals surface area (Å²) in [5.41, 5.74) is 3.17. The van der Waals surface area contributed by atoms with Gasteiger partial charge >= 0.3 is 0 Å². The topological polar surface area (TPSA) is 67.4 Å². The highest BCUT2D eigenvalue weighted by Gasteiger charge is 2.21. The van der Waals surface area contributed by atoms with Crippen LogP contribution in [0.4, 0.5) is 11.4 Å². The monoisotopic (exact) mass is 382 g/mol. The maximum Gasteiger partial charge on any atom is 0.262 e. The van der Waals surface area contributed by atoms with Crippen LogP contribution < -0.4 is 15.4 Å². The molecule has 150 valence electrons. The summed E-state index contributed by atoms with van der Waals surface area (Å²) < 4.78 is 5.61. The molecule has 0 radical (unpaired) electrons. The van der Waals surface area contributed by atoms with Crippen molar-refractivity contribution < 1.29 is 14.3 Å². The average molecular weight is 383 g/mol. The van der Waals surface area contributed by atoms with E-state index in [9.17, 15) is 9.59 Å². The van der Waals surface area contributed by atoms with Gasteiger partial charge in [0.25, 0.3) is 5.91 Å². The number of anilines is 2. The fourth-order valence-corrected chi connectivity index (χ4v) is 2.73. The molecule has 2 amide bonds. The van der Waals surface area contributed by atoms with E-state index in [1.54, 1.807) is 24.3 Å². The van der Waals surface area contributed by atoms with Crippen molar-refractivity contribution in [1.29, 1.82) is 0 Å². The molecule has 0 aliphatic carbocycles. The number of nitrogens with one attached hydrogen (secondary N) is 2. The number of rotatable bonds is 6. The summed E-state index contributed by atoms with van der Waals surface area (Å²) >= 11 is 0. The molecule has 0 aliphatic rings. The van der Waals surface area contributed by atoms with Gasteiger partial charge in [-0.15, -0.1) is 0 Å². The first-order valence-electron chi connectivity index (χ1n) is 9.51.